The van der Waals surface area contributed by atoms with Crippen LogP contribution in [0, 0.1) is 12.8 Å². The summed E-state index contributed by atoms with van der Waals surface area (Å²) in [7, 11) is 0. The van der Waals surface area contributed by atoms with Crippen LogP contribution in [0.1, 0.15) is 48.0 Å². The number of piperidine rings is 1. The molecule has 0 aliphatic carbocycles. The van der Waals surface area contributed by atoms with Crippen molar-refractivity contribution in [1.29, 1.82) is 0 Å². The summed E-state index contributed by atoms with van der Waals surface area (Å²) in [5, 5.41) is 2.32. The van der Waals surface area contributed by atoms with Crippen molar-refractivity contribution in [3.63, 3.8) is 0 Å². The van der Waals surface area contributed by atoms with Crippen molar-refractivity contribution in [3.8, 4) is 0 Å². The Bertz CT molecular complexity index is 866. The second kappa shape index (κ2) is 8.18. The molecule has 1 aromatic rings. The van der Waals surface area contributed by atoms with Crippen molar-refractivity contribution < 1.29 is 23.9 Å². The molecule has 8 nitrogen and oxygen atoms in total. The number of aldehydes is 1. The van der Waals surface area contributed by atoms with Gasteiger partial charge in [-0.25, -0.2) is 4.79 Å². The lowest BCUT2D eigenvalue weighted by Crippen LogP contribution is -2.51. The van der Waals surface area contributed by atoms with Gasteiger partial charge in [0.15, 0.2) is 0 Å². The maximum absolute atomic E-state index is 13.1. The zero-order chi connectivity index (χ0) is 21.3. The second-order valence-electron chi connectivity index (χ2n) is 8.48. The number of anilines is 1. The zero-order valence-electron chi connectivity index (χ0n) is 17.2. The van der Waals surface area contributed by atoms with Crippen LogP contribution in [0.3, 0.4) is 0 Å². The fraction of sp³-hybridized carbons (Fsp3) is 0.545. The van der Waals surface area contributed by atoms with E-state index in [1.54, 1.807) is 12.1 Å². The first kappa shape index (κ1) is 20.5. The molecule has 3 fully saturated rings. The van der Waals surface area contributed by atoms with Crippen molar-refractivity contribution in [3.05, 3.63) is 29.3 Å². The maximum Gasteiger partial charge on any atom is 0.328 e. The molecule has 0 bridgehead atoms. The summed E-state index contributed by atoms with van der Waals surface area (Å²) in [6, 6.07) is 4.90. The Morgan fingerprint density at radius 1 is 1.20 bits per heavy atom. The molecule has 8 heteroatoms. The number of aryl methyl sites for hydroxylation is 1. The van der Waals surface area contributed by atoms with Gasteiger partial charge in [-0.1, -0.05) is 6.07 Å². The molecule has 1 spiro atoms. The average Bonchev–Trinajstić information content (AvgIpc) is 2.75. The van der Waals surface area contributed by atoms with Crippen LogP contribution in [0.2, 0.25) is 0 Å². The van der Waals surface area contributed by atoms with Gasteiger partial charge in [0.25, 0.3) is 5.91 Å². The molecule has 1 N–H and O–H groups in total. The third-order valence-corrected chi connectivity index (χ3v) is 6.53. The second-order valence-corrected chi connectivity index (χ2v) is 8.48. The smallest absolute Gasteiger partial charge is 0.328 e. The van der Waals surface area contributed by atoms with E-state index in [9.17, 15) is 19.2 Å². The highest BCUT2D eigenvalue weighted by Gasteiger charge is 2.40. The van der Waals surface area contributed by atoms with Crippen LogP contribution in [0.5, 0.6) is 0 Å². The van der Waals surface area contributed by atoms with Gasteiger partial charge in [0.05, 0.1) is 12.2 Å². The minimum absolute atomic E-state index is 0.0106. The van der Waals surface area contributed by atoms with Crippen LogP contribution in [0.25, 0.3) is 0 Å². The van der Waals surface area contributed by atoms with E-state index in [0.29, 0.717) is 37.5 Å². The van der Waals surface area contributed by atoms with Crippen molar-refractivity contribution in [2.75, 3.05) is 31.1 Å². The molecule has 30 heavy (non-hydrogen) atoms. The first-order valence-electron chi connectivity index (χ1n) is 10.5. The number of carbonyl (C=O) groups excluding carboxylic acids is 4. The molecule has 4 amide bonds. The molecule has 160 valence electrons. The minimum Gasteiger partial charge on any atom is -0.374 e. The molecule has 1 aromatic carbocycles. The first-order valence-corrected chi connectivity index (χ1v) is 10.5. The highest BCUT2D eigenvalue weighted by Crippen LogP contribution is 2.36. The number of ether oxygens (including phenoxy) is 1. The van der Waals surface area contributed by atoms with Crippen LogP contribution >= 0.6 is 0 Å². The first-order chi connectivity index (χ1) is 14.4. The van der Waals surface area contributed by atoms with Crippen LogP contribution in [0.4, 0.5) is 10.5 Å². The molecule has 0 saturated carbocycles. The quantitative estimate of drug-likeness (QED) is 0.765. The number of hydrogen-bond acceptors (Lipinski definition) is 5. The molecule has 1 atom stereocenters. The van der Waals surface area contributed by atoms with Gasteiger partial charge in [0.2, 0.25) is 5.91 Å². The predicted molar refractivity (Wildman–Crippen MR) is 109 cm³/mol. The molecule has 3 aliphatic heterocycles. The van der Waals surface area contributed by atoms with Gasteiger partial charge in [0.1, 0.15) is 6.29 Å². The third-order valence-electron chi connectivity index (χ3n) is 6.53. The summed E-state index contributed by atoms with van der Waals surface area (Å²) in [4.78, 5) is 51.1. The fourth-order valence-electron chi connectivity index (χ4n) is 4.52. The van der Waals surface area contributed by atoms with Crippen LogP contribution in [-0.2, 0) is 14.3 Å². The molecular weight excluding hydrogens is 386 g/mol. The summed E-state index contributed by atoms with van der Waals surface area (Å²) in [6.45, 7) is 3.86. The van der Waals surface area contributed by atoms with E-state index in [4.69, 9.17) is 4.74 Å². The number of nitrogens with zero attached hydrogens (tertiary/aromatic N) is 2. The molecule has 3 saturated heterocycles. The van der Waals surface area contributed by atoms with Gasteiger partial charge < -0.3 is 14.4 Å². The van der Waals surface area contributed by atoms with Gasteiger partial charge in [-0.15, -0.1) is 0 Å². The summed E-state index contributed by atoms with van der Waals surface area (Å²) < 4.78 is 6.03. The summed E-state index contributed by atoms with van der Waals surface area (Å²) in [5.74, 6) is -0.363. The van der Waals surface area contributed by atoms with E-state index in [0.717, 1.165) is 37.5 Å². The summed E-state index contributed by atoms with van der Waals surface area (Å²) >= 11 is 0. The highest BCUT2D eigenvalue weighted by molar-refractivity contribution is 6.06. The number of nitrogens with one attached hydrogen (secondary N) is 1. The SMILES string of the molecule is Cc1ccc(C(=O)N2CCC3(CCC(C=O)CO3)CC2)cc1N1CCC(=O)NC1=O. The third kappa shape index (κ3) is 3.96. The summed E-state index contributed by atoms with van der Waals surface area (Å²) in [6.07, 6.45) is 4.44. The number of benzene rings is 1. The highest BCUT2D eigenvalue weighted by atomic mass is 16.5. The number of urea groups is 1. The largest absolute Gasteiger partial charge is 0.374 e. The molecule has 4 rings (SSSR count). The zero-order valence-corrected chi connectivity index (χ0v) is 17.2. The van der Waals surface area contributed by atoms with E-state index in [1.807, 2.05) is 17.9 Å². The topological polar surface area (TPSA) is 96.0 Å². The number of hydrogen-bond donors (Lipinski definition) is 1. The van der Waals surface area contributed by atoms with Gasteiger partial charge in [0, 0.05) is 43.2 Å². The Kier molecular flexibility index (Phi) is 5.60. The van der Waals surface area contributed by atoms with Gasteiger partial charge in [-0.3, -0.25) is 19.8 Å². The van der Waals surface area contributed by atoms with E-state index in [1.165, 1.54) is 4.90 Å². The monoisotopic (exact) mass is 413 g/mol. The number of imide groups is 1. The lowest BCUT2D eigenvalue weighted by Gasteiger charge is -2.45. The molecule has 3 heterocycles. The van der Waals surface area contributed by atoms with E-state index >= 15 is 0 Å². The Morgan fingerprint density at radius 3 is 2.60 bits per heavy atom. The van der Waals surface area contributed by atoms with Crippen LogP contribution in [0.15, 0.2) is 18.2 Å². The van der Waals surface area contributed by atoms with E-state index < -0.39 is 6.03 Å². The van der Waals surface area contributed by atoms with E-state index in [-0.39, 0.29) is 29.8 Å². The standard InChI is InChI=1S/C22H27N3O5/c1-15-2-3-17(12-18(15)25-9-5-19(27)23-21(25)29)20(28)24-10-7-22(8-11-24)6-4-16(13-26)14-30-22/h2-3,12-13,16H,4-11,14H2,1H3,(H,23,27,29). The van der Waals surface area contributed by atoms with Gasteiger partial charge in [-0.2, -0.15) is 0 Å². The Labute approximate surface area is 175 Å². The van der Waals surface area contributed by atoms with Crippen LogP contribution < -0.4 is 10.2 Å². The number of likely N-dealkylation sites (tertiary alicyclic amines) is 1. The lowest BCUT2D eigenvalue weighted by atomic mass is 9.82. The molecular formula is C22H27N3O5. The van der Waals surface area contributed by atoms with Crippen molar-refractivity contribution in [2.24, 2.45) is 5.92 Å². The van der Waals surface area contributed by atoms with Crippen molar-refractivity contribution >= 4 is 29.8 Å². The predicted octanol–water partition coefficient (Wildman–Crippen LogP) is 2.04. The Morgan fingerprint density at radius 2 is 1.97 bits per heavy atom. The molecule has 3 aliphatic rings. The van der Waals surface area contributed by atoms with Crippen LogP contribution in [-0.4, -0.2) is 60.9 Å². The van der Waals surface area contributed by atoms with Gasteiger partial charge >= 0.3 is 6.03 Å². The lowest BCUT2D eigenvalue weighted by molar-refractivity contribution is -0.137. The van der Waals surface area contributed by atoms with Crippen molar-refractivity contribution in [2.45, 2.75) is 44.6 Å². The number of carbonyl (C=O) groups is 4. The molecule has 0 aromatic heterocycles. The molecule has 0 radical (unpaired) electrons. The van der Waals surface area contributed by atoms with E-state index in [2.05, 4.69) is 5.32 Å². The number of rotatable bonds is 3. The molecule has 1 unspecified atom stereocenters. The fourth-order valence-corrected chi connectivity index (χ4v) is 4.52. The average molecular weight is 413 g/mol. The number of amides is 4. The summed E-state index contributed by atoms with van der Waals surface area (Å²) in [5.41, 5.74) is 1.83. The van der Waals surface area contributed by atoms with Gasteiger partial charge in [-0.05, 0) is 50.3 Å². The normalized spacial score (nSPS) is 24.0. The minimum atomic E-state index is -0.457. The Hall–Kier alpha value is -2.74. The Balaban J connectivity index is 1.44. The maximum atomic E-state index is 13.1. The van der Waals surface area contributed by atoms with Crippen molar-refractivity contribution in [1.82, 2.24) is 10.2 Å².